The van der Waals surface area contributed by atoms with E-state index in [1.807, 2.05) is 31.2 Å². The fourth-order valence-corrected chi connectivity index (χ4v) is 2.67. The van der Waals surface area contributed by atoms with Crippen LogP contribution in [0.4, 0.5) is 5.69 Å². The summed E-state index contributed by atoms with van der Waals surface area (Å²) in [5.74, 6) is 0.253. The van der Waals surface area contributed by atoms with Gasteiger partial charge in [0.1, 0.15) is 5.75 Å². The molecular formula is C16H20N2O3S. The lowest BCUT2D eigenvalue weighted by atomic mass is 10.1. The first kappa shape index (κ1) is 16.3. The standard InChI is InChI=1S/C16H20N2O3S/c1-12(17-11-13-4-3-5-16(19)10-13)14-6-8-15(9-7-14)18-22(2,20)21/h3-10,12,17-19H,11H2,1-2H3. The van der Waals surface area contributed by atoms with Crippen LogP contribution in [0, 0.1) is 0 Å². The third-order valence-electron chi connectivity index (χ3n) is 3.24. The molecule has 1 atom stereocenters. The molecule has 0 spiro atoms. The maximum absolute atomic E-state index is 11.2. The molecule has 3 N–H and O–H groups in total. The van der Waals surface area contributed by atoms with Gasteiger partial charge in [-0.2, -0.15) is 0 Å². The molecule has 0 heterocycles. The molecule has 2 aromatic rings. The summed E-state index contributed by atoms with van der Waals surface area (Å²) in [6.45, 7) is 2.67. The van der Waals surface area contributed by atoms with Gasteiger partial charge < -0.3 is 10.4 Å². The molecule has 6 heteroatoms. The fraction of sp³-hybridized carbons (Fsp3) is 0.250. The van der Waals surface area contributed by atoms with Crippen LogP contribution in [0.1, 0.15) is 24.1 Å². The summed E-state index contributed by atoms with van der Waals surface area (Å²) in [5.41, 5.74) is 2.60. The molecule has 0 radical (unpaired) electrons. The molecule has 1 unspecified atom stereocenters. The average molecular weight is 320 g/mol. The van der Waals surface area contributed by atoms with Crippen molar-refractivity contribution in [1.29, 1.82) is 0 Å². The summed E-state index contributed by atoms with van der Waals surface area (Å²) in [6, 6.07) is 14.5. The van der Waals surface area contributed by atoms with Crippen molar-refractivity contribution < 1.29 is 13.5 Å². The molecule has 0 aliphatic rings. The second-order valence-electron chi connectivity index (χ2n) is 5.27. The number of anilines is 1. The zero-order valence-electron chi connectivity index (χ0n) is 12.6. The van der Waals surface area contributed by atoms with Crippen molar-refractivity contribution in [2.75, 3.05) is 11.0 Å². The molecule has 0 aliphatic carbocycles. The number of benzene rings is 2. The van der Waals surface area contributed by atoms with Crippen molar-refractivity contribution in [3.05, 3.63) is 59.7 Å². The lowest BCUT2D eigenvalue weighted by Gasteiger charge is -2.15. The number of aromatic hydroxyl groups is 1. The van der Waals surface area contributed by atoms with Gasteiger partial charge in [0.2, 0.25) is 10.0 Å². The van der Waals surface area contributed by atoms with Crippen LogP contribution in [0.5, 0.6) is 5.75 Å². The second kappa shape index (κ2) is 6.81. The summed E-state index contributed by atoms with van der Waals surface area (Å²) in [5, 5.41) is 12.8. The highest BCUT2D eigenvalue weighted by molar-refractivity contribution is 7.92. The average Bonchev–Trinajstić information content (AvgIpc) is 2.44. The van der Waals surface area contributed by atoms with Crippen molar-refractivity contribution in [1.82, 2.24) is 5.32 Å². The number of phenols is 1. The lowest BCUT2D eigenvalue weighted by molar-refractivity contribution is 0.473. The first-order valence-corrected chi connectivity index (χ1v) is 8.82. The van der Waals surface area contributed by atoms with Crippen LogP contribution < -0.4 is 10.0 Å². The minimum atomic E-state index is -3.25. The highest BCUT2D eigenvalue weighted by Gasteiger charge is 2.06. The molecule has 118 valence electrons. The Morgan fingerprint density at radius 3 is 2.41 bits per heavy atom. The van der Waals surface area contributed by atoms with Gasteiger partial charge in [0.15, 0.2) is 0 Å². The van der Waals surface area contributed by atoms with Crippen LogP contribution in [-0.4, -0.2) is 19.8 Å². The normalized spacial score (nSPS) is 12.8. The van der Waals surface area contributed by atoms with Crippen molar-refractivity contribution in [3.63, 3.8) is 0 Å². The minimum Gasteiger partial charge on any atom is -0.508 e. The molecule has 0 fully saturated rings. The second-order valence-corrected chi connectivity index (χ2v) is 7.02. The van der Waals surface area contributed by atoms with Gasteiger partial charge in [-0.3, -0.25) is 4.72 Å². The van der Waals surface area contributed by atoms with Gasteiger partial charge in [0, 0.05) is 18.3 Å². The largest absolute Gasteiger partial charge is 0.508 e. The third-order valence-corrected chi connectivity index (χ3v) is 3.84. The van der Waals surface area contributed by atoms with Gasteiger partial charge >= 0.3 is 0 Å². The van der Waals surface area contributed by atoms with E-state index in [9.17, 15) is 13.5 Å². The molecule has 22 heavy (non-hydrogen) atoms. The highest BCUT2D eigenvalue weighted by Crippen LogP contribution is 2.18. The van der Waals surface area contributed by atoms with Gasteiger partial charge in [-0.15, -0.1) is 0 Å². The Kier molecular flexibility index (Phi) is 5.05. The van der Waals surface area contributed by atoms with E-state index >= 15 is 0 Å². The number of nitrogens with one attached hydrogen (secondary N) is 2. The monoisotopic (exact) mass is 320 g/mol. The first-order valence-electron chi connectivity index (χ1n) is 6.92. The predicted molar refractivity (Wildman–Crippen MR) is 88.3 cm³/mol. The Morgan fingerprint density at radius 1 is 1.14 bits per heavy atom. The van der Waals surface area contributed by atoms with Gasteiger partial charge in [0.25, 0.3) is 0 Å². The van der Waals surface area contributed by atoms with Crippen LogP contribution in [-0.2, 0) is 16.6 Å². The quantitative estimate of drug-likeness (QED) is 0.764. The van der Waals surface area contributed by atoms with E-state index in [1.165, 1.54) is 0 Å². The molecule has 0 aromatic heterocycles. The molecule has 0 saturated heterocycles. The SMILES string of the molecule is CC(NCc1cccc(O)c1)c1ccc(NS(C)(=O)=O)cc1. The van der Waals surface area contributed by atoms with Gasteiger partial charge in [-0.05, 0) is 42.3 Å². The van der Waals surface area contributed by atoms with Crippen molar-refractivity contribution in [3.8, 4) is 5.75 Å². The number of hydrogen-bond donors (Lipinski definition) is 3. The van der Waals surface area contributed by atoms with Crippen LogP contribution >= 0.6 is 0 Å². The minimum absolute atomic E-state index is 0.106. The van der Waals surface area contributed by atoms with Crippen LogP contribution in [0.15, 0.2) is 48.5 Å². The van der Waals surface area contributed by atoms with Crippen molar-refractivity contribution >= 4 is 15.7 Å². The summed E-state index contributed by atoms with van der Waals surface area (Å²) in [7, 11) is -3.25. The summed E-state index contributed by atoms with van der Waals surface area (Å²) >= 11 is 0. The Morgan fingerprint density at radius 2 is 1.82 bits per heavy atom. The number of hydrogen-bond acceptors (Lipinski definition) is 4. The highest BCUT2D eigenvalue weighted by atomic mass is 32.2. The van der Waals surface area contributed by atoms with Crippen LogP contribution in [0.2, 0.25) is 0 Å². The summed E-state index contributed by atoms with van der Waals surface area (Å²) in [4.78, 5) is 0. The van der Waals surface area contributed by atoms with Crippen molar-refractivity contribution in [2.24, 2.45) is 0 Å². The Bertz CT molecular complexity index is 727. The summed E-state index contributed by atoms with van der Waals surface area (Å²) < 4.78 is 24.8. The topological polar surface area (TPSA) is 78.4 Å². The molecular weight excluding hydrogens is 300 g/mol. The Labute approximate surface area is 131 Å². The Hall–Kier alpha value is -2.05. The first-order chi connectivity index (χ1) is 10.3. The van der Waals surface area contributed by atoms with E-state index in [0.29, 0.717) is 12.2 Å². The smallest absolute Gasteiger partial charge is 0.229 e. The van der Waals surface area contributed by atoms with E-state index in [2.05, 4.69) is 10.0 Å². The zero-order valence-corrected chi connectivity index (χ0v) is 13.4. The zero-order chi connectivity index (χ0) is 16.2. The van der Waals surface area contributed by atoms with E-state index in [4.69, 9.17) is 0 Å². The van der Waals surface area contributed by atoms with Gasteiger partial charge in [0.05, 0.1) is 6.26 Å². The molecule has 2 rings (SSSR count). The molecule has 2 aromatic carbocycles. The molecule has 0 aliphatic heterocycles. The Balaban J connectivity index is 1.96. The molecule has 0 amide bonds. The maximum Gasteiger partial charge on any atom is 0.229 e. The van der Waals surface area contributed by atoms with E-state index in [1.54, 1.807) is 24.3 Å². The third kappa shape index (κ3) is 5.05. The molecule has 0 bridgehead atoms. The van der Waals surface area contributed by atoms with Crippen LogP contribution in [0.25, 0.3) is 0 Å². The lowest BCUT2D eigenvalue weighted by Crippen LogP contribution is -2.18. The van der Waals surface area contributed by atoms with Crippen LogP contribution in [0.3, 0.4) is 0 Å². The predicted octanol–water partition coefficient (Wildman–Crippen LogP) is 2.61. The molecule has 5 nitrogen and oxygen atoms in total. The number of sulfonamides is 1. The summed E-state index contributed by atoms with van der Waals surface area (Å²) in [6.07, 6.45) is 1.13. The van der Waals surface area contributed by atoms with E-state index in [0.717, 1.165) is 17.4 Å². The maximum atomic E-state index is 11.2. The van der Waals surface area contributed by atoms with E-state index < -0.39 is 10.0 Å². The molecule has 0 saturated carbocycles. The van der Waals surface area contributed by atoms with Gasteiger partial charge in [-0.25, -0.2) is 8.42 Å². The van der Waals surface area contributed by atoms with Crippen molar-refractivity contribution in [2.45, 2.75) is 19.5 Å². The fourth-order valence-electron chi connectivity index (χ4n) is 2.11. The number of rotatable bonds is 6. The van der Waals surface area contributed by atoms with E-state index in [-0.39, 0.29) is 11.8 Å². The van der Waals surface area contributed by atoms with Gasteiger partial charge in [-0.1, -0.05) is 24.3 Å². The number of phenolic OH excluding ortho intramolecular Hbond substituents is 1.